The minimum atomic E-state index is 0.250. The molecule has 0 aliphatic heterocycles. The fraction of sp³-hybridized carbons (Fsp3) is 0.500. The highest BCUT2D eigenvalue weighted by Crippen LogP contribution is 2.36. The molecule has 16 heavy (non-hydrogen) atoms. The van der Waals surface area contributed by atoms with E-state index in [1.807, 2.05) is 0 Å². The first-order chi connectivity index (χ1) is 7.79. The molecule has 2 nitrogen and oxygen atoms in total. The third kappa shape index (κ3) is 3.63. The second kappa shape index (κ2) is 6.97. The Kier molecular flexibility index (Phi) is 5.52. The summed E-state index contributed by atoms with van der Waals surface area (Å²) in [7, 11) is 0. The minimum absolute atomic E-state index is 0.250. The van der Waals surface area contributed by atoms with Gasteiger partial charge in [0, 0.05) is 0 Å². The van der Waals surface area contributed by atoms with E-state index in [0.717, 1.165) is 11.8 Å². The van der Waals surface area contributed by atoms with E-state index in [1.165, 1.54) is 25.7 Å². The molecule has 2 heteroatoms. The smallest absolute Gasteiger partial charge is 0.186 e. The van der Waals surface area contributed by atoms with Gasteiger partial charge in [0.05, 0.1) is 0 Å². The highest BCUT2D eigenvalue weighted by molar-refractivity contribution is 5.20. The van der Waals surface area contributed by atoms with E-state index in [-0.39, 0.29) is 6.15 Å². The van der Waals surface area contributed by atoms with E-state index in [9.17, 15) is 0 Å². The molecule has 0 unspecified atom stereocenters. The molecule has 1 aliphatic carbocycles. The summed E-state index contributed by atoms with van der Waals surface area (Å²) in [6.07, 6.45) is 5.92. The van der Waals surface area contributed by atoms with Crippen molar-refractivity contribution in [3.63, 3.8) is 0 Å². The summed E-state index contributed by atoms with van der Waals surface area (Å²) in [6.45, 7) is 2.40. The molecule has 1 aromatic carbocycles. The Balaban J connectivity index is 0.000000386. The Morgan fingerprint density at radius 1 is 1.06 bits per heavy atom. The van der Waals surface area contributed by atoms with Gasteiger partial charge in [-0.1, -0.05) is 56.5 Å². The van der Waals surface area contributed by atoms with Crippen molar-refractivity contribution in [2.75, 3.05) is 0 Å². The predicted molar refractivity (Wildman–Crippen MR) is 61.8 cm³/mol. The summed E-state index contributed by atoms with van der Waals surface area (Å²) in [5, 5.41) is 0. The van der Waals surface area contributed by atoms with E-state index in [4.69, 9.17) is 9.59 Å². The lowest BCUT2D eigenvalue weighted by atomic mass is 9.76. The molecule has 0 N–H and O–H groups in total. The average Bonchev–Trinajstić information content (AvgIpc) is 2.32. The largest absolute Gasteiger partial charge is 0.373 e. The van der Waals surface area contributed by atoms with Crippen LogP contribution in [-0.2, 0) is 9.59 Å². The van der Waals surface area contributed by atoms with Crippen LogP contribution in [-0.4, -0.2) is 6.15 Å². The molecule has 86 valence electrons. The lowest BCUT2D eigenvalue weighted by Crippen LogP contribution is -2.14. The van der Waals surface area contributed by atoms with Crippen LogP contribution in [0.1, 0.15) is 44.1 Å². The van der Waals surface area contributed by atoms with Crippen molar-refractivity contribution in [3.8, 4) is 0 Å². The molecule has 0 heterocycles. The maximum Gasteiger partial charge on any atom is 0.373 e. The standard InChI is InChI=1S/C13H18.CO2/c1-11-7-5-6-10-13(11)12-8-3-2-4-9-12;2-1-3/h2-4,8-9,11,13H,5-7,10H2,1H3;/t11-,13+;/m0./s1. The van der Waals surface area contributed by atoms with Gasteiger partial charge in [0.15, 0.2) is 0 Å². The zero-order valence-corrected chi connectivity index (χ0v) is 9.69. The first-order valence-electron chi connectivity index (χ1n) is 5.83. The van der Waals surface area contributed by atoms with E-state index in [2.05, 4.69) is 37.3 Å². The lowest BCUT2D eigenvalue weighted by molar-refractivity contribution is -0.191. The summed E-state index contributed by atoms with van der Waals surface area (Å²) < 4.78 is 0. The molecule has 1 aliphatic rings. The zero-order chi connectivity index (χ0) is 11.8. The SMILES string of the molecule is C[C@H]1CCCC[C@H]1c1ccccc1.O=C=O. The second-order valence-corrected chi connectivity index (χ2v) is 4.36. The maximum atomic E-state index is 8.12. The summed E-state index contributed by atoms with van der Waals surface area (Å²) in [6, 6.07) is 11.0. The third-order valence-corrected chi connectivity index (χ3v) is 3.34. The van der Waals surface area contributed by atoms with Crippen LogP contribution in [0.2, 0.25) is 0 Å². The van der Waals surface area contributed by atoms with E-state index >= 15 is 0 Å². The van der Waals surface area contributed by atoms with Gasteiger partial charge in [-0.15, -0.1) is 0 Å². The Bertz CT molecular complexity index is 326. The number of hydrogen-bond acceptors (Lipinski definition) is 2. The van der Waals surface area contributed by atoms with Crippen LogP contribution in [0.15, 0.2) is 30.3 Å². The Labute approximate surface area is 96.7 Å². The highest BCUT2D eigenvalue weighted by atomic mass is 16.2. The molecule has 0 spiro atoms. The molecule has 1 saturated carbocycles. The lowest BCUT2D eigenvalue weighted by Gasteiger charge is -2.29. The van der Waals surface area contributed by atoms with Gasteiger partial charge in [-0.25, -0.2) is 0 Å². The fourth-order valence-corrected chi connectivity index (χ4v) is 2.51. The van der Waals surface area contributed by atoms with Gasteiger partial charge in [-0.05, 0) is 23.8 Å². The van der Waals surface area contributed by atoms with Crippen LogP contribution >= 0.6 is 0 Å². The summed E-state index contributed by atoms with van der Waals surface area (Å²) in [4.78, 5) is 16.2. The minimum Gasteiger partial charge on any atom is -0.186 e. The highest BCUT2D eigenvalue weighted by Gasteiger charge is 2.22. The maximum absolute atomic E-state index is 8.12. The van der Waals surface area contributed by atoms with Crippen molar-refractivity contribution < 1.29 is 9.59 Å². The molecule has 0 bridgehead atoms. The van der Waals surface area contributed by atoms with Crippen molar-refractivity contribution >= 4 is 6.15 Å². The molecule has 1 aromatic rings. The van der Waals surface area contributed by atoms with Crippen molar-refractivity contribution in [3.05, 3.63) is 35.9 Å². The second-order valence-electron chi connectivity index (χ2n) is 4.36. The van der Waals surface area contributed by atoms with Crippen LogP contribution in [0.25, 0.3) is 0 Å². The molecule has 0 saturated heterocycles. The summed E-state index contributed by atoms with van der Waals surface area (Å²) in [5.74, 6) is 1.71. The number of hydrogen-bond donors (Lipinski definition) is 0. The van der Waals surface area contributed by atoms with Gasteiger partial charge < -0.3 is 0 Å². The monoisotopic (exact) mass is 218 g/mol. The quantitative estimate of drug-likeness (QED) is 0.724. The molecule has 1 fully saturated rings. The van der Waals surface area contributed by atoms with Gasteiger partial charge in [0.25, 0.3) is 0 Å². The number of carbonyl (C=O) groups excluding carboxylic acids is 2. The van der Waals surface area contributed by atoms with Crippen LogP contribution in [0.3, 0.4) is 0 Å². The first-order valence-corrected chi connectivity index (χ1v) is 5.83. The van der Waals surface area contributed by atoms with E-state index in [0.29, 0.717) is 0 Å². The fourth-order valence-electron chi connectivity index (χ4n) is 2.51. The van der Waals surface area contributed by atoms with E-state index in [1.54, 1.807) is 5.56 Å². The molecule has 2 rings (SSSR count). The van der Waals surface area contributed by atoms with Gasteiger partial charge in [0.1, 0.15) is 0 Å². The Morgan fingerprint density at radius 3 is 2.19 bits per heavy atom. The number of benzene rings is 1. The number of rotatable bonds is 1. The van der Waals surface area contributed by atoms with Crippen LogP contribution < -0.4 is 0 Å². The van der Waals surface area contributed by atoms with Crippen molar-refractivity contribution in [2.24, 2.45) is 5.92 Å². The van der Waals surface area contributed by atoms with Crippen molar-refractivity contribution in [1.82, 2.24) is 0 Å². The molecular formula is C14H18O2. The molecule has 0 aromatic heterocycles. The van der Waals surface area contributed by atoms with Crippen LogP contribution in [0, 0.1) is 5.92 Å². The topological polar surface area (TPSA) is 34.1 Å². The normalized spacial score (nSPS) is 23.8. The molecule has 0 amide bonds. The average molecular weight is 218 g/mol. The first kappa shape index (κ1) is 12.7. The van der Waals surface area contributed by atoms with Crippen molar-refractivity contribution in [2.45, 2.75) is 38.5 Å². The zero-order valence-electron chi connectivity index (χ0n) is 9.69. The van der Waals surface area contributed by atoms with E-state index < -0.39 is 0 Å². The molecule has 2 atom stereocenters. The Hall–Kier alpha value is -1.40. The predicted octanol–water partition coefficient (Wildman–Crippen LogP) is 3.40. The van der Waals surface area contributed by atoms with Crippen LogP contribution in [0.5, 0.6) is 0 Å². The van der Waals surface area contributed by atoms with Gasteiger partial charge in [-0.3, -0.25) is 0 Å². The Morgan fingerprint density at radius 2 is 1.62 bits per heavy atom. The van der Waals surface area contributed by atoms with Gasteiger partial charge >= 0.3 is 6.15 Å². The van der Waals surface area contributed by atoms with Crippen LogP contribution in [0.4, 0.5) is 0 Å². The van der Waals surface area contributed by atoms with Crippen molar-refractivity contribution in [1.29, 1.82) is 0 Å². The molecule has 0 radical (unpaired) electrons. The van der Waals surface area contributed by atoms with Gasteiger partial charge in [0.2, 0.25) is 0 Å². The third-order valence-electron chi connectivity index (χ3n) is 3.34. The van der Waals surface area contributed by atoms with Gasteiger partial charge in [-0.2, -0.15) is 9.59 Å². The summed E-state index contributed by atoms with van der Waals surface area (Å²) >= 11 is 0. The molecular weight excluding hydrogens is 200 g/mol. The summed E-state index contributed by atoms with van der Waals surface area (Å²) in [5.41, 5.74) is 1.55.